The van der Waals surface area contributed by atoms with Crippen LogP contribution in [0.25, 0.3) is 0 Å². The second-order valence-corrected chi connectivity index (χ2v) is 11.2. The standard InChI is InChI=1S/C27H37N3O6S/c1-5-6-14-28-27(32)21(3)29(18-22-10-7-9-20(2)16-22)26(31)11-8-15-30(37(4,33)34)23-12-13-24-25(17-23)36-19-35-24/h7,9-10,12-13,16-17,21H,5-6,8,11,14-15,18-19H2,1-4H3,(H,28,32)/t21-/m1/s1. The number of hydrogen-bond donors (Lipinski definition) is 1. The minimum absolute atomic E-state index is 0.0904. The van der Waals surface area contributed by atoms with Gasteiger partial charge >= 0.3 is 0 Å². The summed E-state index contributed by atoms with van der Waals surface area (Å²) in [4.78, 5) is 27.7. The summed E-state index contributed by atoms with van der Waals surface area (Å²) in [7, 11) is -3.60. The molecule has 0 aliphatic carbocycles. The highest BCUT2D eigenvalue weighted by molar-refractivity contribution is 7.92. The van der Waals surface area contributed by atoms with Crippen LogP contribution in [0.4, 0.5) is 5.69 Å². The average molecular weight is 532 g/mol. The fourth-order valence-electron chi connectivity index (χ4n) is 4.17. The number of hydrogen-bond acceptors (Lipinski definition) is 6. The van der Waals surface area contributed by atoms with Crippen molar-refractivity contribution in [3.63, 3.8) is 0 Å². The molecule has 1 aliphatic rings. The third kappa shape index (κ3) is 7.85. The van der Waals surface area contributed by atoms with E-state index in [-0.39, 0.29) is 38.0 Å². The predicted molar refractivity (Wildman–Crippen MR) is 143 cm³/mol. The molecule has 0 spiro atoms. The number of anilines is 1. The number of aryl methyl sites for hydroxylation is 1. The Labute approximate surface area is 219 Å². The van der Waals surface area contributed by atoms with Crippen LogP contribution >= 0.6 is 0 Å². The summed E-state index contributed by atoms with van der Waals surface area (Å²) < 4.78 is 37.0. The molecule has 9 nitrogen and oxygen atoms in total. The molecule has 0 bridgehead atoms. The van der Waals surface area contributed by atoms with E-state index in [0.717, 1.165) is 30.2 Å². The lowest BCUT2D eigenvalue weighted by atomic mass is 10.1. The van der Waals surface area contributed by atoms with Gasteiger partial charge < -0.3 is 19.7 Å². The van der Waals surface area contributed by atoms with E-state index in [1.807, 2.05) is 38.1 Å². The third-order valence-electron chi connectivity index (χ3n) is 6.23. The van der Waals surface area contributed by atoms with Crippen LogP contribution in [0.2, 0.25) is 0 Å². The molecule has 202 valence electrons. The van der Waals surface area contributed by atoms with E-state index in [0.29, 0.717) is 30.3 Å². The molecule has 0 saturated heterocycles. The first kappa shape index (κ1) is 28.3. The van der Waals surface area contributed by atoms with E-state index in [9.17, 15) is 18.0 Å². The largest absolute Gasteiger partial charge is 0.454 e. The maximum absolute atomic E-state index is 13.4. The van der Waals surface area contributed by atoms with E-state index in [4.69, 9.17) is 9.47 Å². The molecule has 10 heteroatoms. The van der Waals surface area contributed by atoms with Crippen LogP contribution in [0, 0.1) is 6.92 Å². The van der Waals surface area contributed by atoms with Crippen molar-refractivity contribution >= 4 is 27.5 Å². The number of sulfonamides is 1. The van der Waals surface area contributed by atoms with Gasteiger partial charge in [0.25, 0.3) is 0 Å². The molecule has 3 rings (SSSR count). The second-order valence-electron chi connectivity index (χ2n) is 9.31. The zero-order valence-corrected chi connectivity index (χ0v) is 22.8. The summed E-state index contributed by atoms with van der Waals surface area (Å²) in [5.41, 5.74) is 2.44. The Balaban J connectivity index is 1.71. The molecule has 2 aromatic carbocycles. The van der Waals surface area contributed by atoms with E-state index >= 15 is 0 Å². The summed E-state index contributed by atoms with van der Waals surface area (Å²) in [6.07, 6.45) is 3.34. The zero-order valence-electron chi connectivity index (χ0n) is 22.0. The molecule has 37 heavy (non-hydrogen) atoms. The van der Waals surface area contributed by atoms with Crippen LogP contribution in [0.5, 0.6) is 11.5 Å². The Morgan fingerprint density at radius 3 is 2.54 bits per heavy atom. The third-order valence-corrected chi connectivity index (χ3v) is 7.42. The van der Waals surface area contributed by atoms with E-state index in [1.165, 1.54) is 4.31 Å². The lowest BCUT2D eigenvalue weighted by Crippen LogP contribution is -2.48. The van der Waals surface area contributed by atoms with Gasteiger partial charge in [-0.25, -0.2) is 8.42 Å². The molecule has 1 heterocycles. The van der Waals surface area contributed by atoms with Gasteiger partial charge in [0.05, 0.1) is 11.9 Å². The number of nitrogens with zero attached hydrogens (tertiary/aromatic N) is 2. The molecule has 0 saturated carbocycles. The van der Waals surface area contributed by atoms with Gasteiger partial charge in [0.15, 0.2) is 11.5 Å². The minimum atomic E-state index is -3.60. The second kappa shape index (κ2) is 12.8. The number of carbonyl (C=O) groups is 2. The predicted octanol–water partition coefficient (Wildman–Crippen LogP) is 3.60. The average Bonchev–Trinajstić information content (AvgIpc) is 3.32. The number of carbonyl (C=O) groups excluding carboxylic acids is 2. The molecule has 0 aromatic heterocycles. The monoisotopic (exact) mass is 531 g/mol. The van der Waals surface area contributed by atoms with E-state index in [1.54, 1.807) is 30.0 Å². The lowest BCUT2D eigenvalue weighted by Gasteiger charge is -2.29. The summed E-state index contributed by atoms with van der Waals surface area (Å²) in [5, 5.41) is 2.91. The number of unbranched alkanes of at least 4 members (excludes halogenated alkanes) is 1. The fourth-order valence-corrected chi connectivity index (χ4v) is 5.13. The molecule has 0 unspecified atom stereocenters. The van der Waals surface area contributed by atoms with Crippen molar-refractivity contribution in [2.75, 3.05) is 30.4 Å². The number of amides is 2. The van der Waals surface area contributed by atoms with Gasteiger partial charge in [-0.3, -0.25) is 13.9 Å². The quantitative estimate of drug-likeness (QED) is 0.396. The van der Waals surface area contributed by atoms with Gasteiger partial charge in [0.1, 0.15) is 6.04 Å². The van der Waals surface area contributed by atoms with Crippen LogP contribution in [-0.2, 0) is 26.2 Å². The van der Waals surface area contributed by atoms with Gasteiger partial charge in [-0.2, -0.15) is 0 Å². The first-order valence-corrected chi connectivity index (χ1v) is 14.4. The van der Waals surface area contributed by atoms with Crippen LogP contribution in [0.1, 0.15) is 50.7 Å². The highest BCUT2D eigenvalue weighted by atomic mass is 32.2. The Hall–Kier alpha value is -3.27. The van der Waals surface area contributed by atoms with Gasteiger partial charge in [0.2, 0.25) is 28.6 Å². The highest BCUT2D eigenvalue weighted by Gasteiger charge is 2.27. The highest BCUT2D eigenvalue weighted by Crippen LogP contribution is 2.36. The van der Waals surface area contributed by atoms with Crippen molar-refractivity contribution in [3.05, 3.63) is 53.6 Å². The summed E-state index contributed by atoms with van der Waals surface area (Å²) in [6.45, 7) is 6.81. The van der Waals surface area contributed by atoms with E-state index < -0.39 is 16.1 Å². The number of nitrogens with one attached hydrogen (secondary N) is 1. The number of benzene rings is 2. The molecular weight excluding hydrogens is 494 g/mol. The number of rotatable bonds is 13. The van der Waals surface area contributed by atoms with Gasteiger partial charge in [0, 0.05) is 32.1 Å². The van der Waals surface area contributed by atoms with Crippen molar-refractivity contribution in [1.29, 1.82) is 0 Å². The smallest absolute Gasteiger partial charge is 0.242 e. The Bertz CT molecular complexity index is 1200. The van der Waals surface area contributed by atoms with Crippen molar-refractivity contribution in [1.82, 2.24) is 10.2 Å². The molecule has 2 amide bonds. The fraction of sp³-hybridized carbons (Fsp3) is 0.481. The SMILES string of the molecule is CCCCNC(=O)[C@@H](C)N(Cc1cccc(C)c1)C(=O)CCCN(c1ccc2c(c1)OCO2)S(C)(=O)=O. The van der Waals surface area contributed by atoms with Gasteiger partial charge in [-0.05, 0) is 44.4 Å². The van der Waals surface area contributed by atoms with Crippen LogP contribution in [-0.4, -0.2) is 57.3 Å². The van der Waals surface area contributed by atoms with Crippen molar-refractivity contribution in [3.8, 4) is 11.5 Å². The molecule has 1 aliphatic heterocycles. The van der Waals surface area contributed by atoms with Gasteiger partial charge in [-0.1, -0.05) is 43.2 Å². The Morgan fingerprint density at radius 2 is 1.84 bits per heavy atom. The topological polar surface area (TPSA) is 105 Å². The maximum Gasteiger partial charge on any atom is 0.242 e. The number of fused-ring (bicyclic) bond motifs is 1. The van der Waals surface area contributed by atoms with Gasteiger partial charge in [-0.15, -0.1) is 0 Å². The van der Waals surface area contributed by atoms with Crippen LogP contribution < -0.4 is 19.1 Å². The zero-order chi connectivity index (χ0) is 27.0. The summed E-state index contributed by atoms with van der Waals surface area (Å²) >= 11 is 0. The molecule has 0 fully saturated rings. The molecule has 2 aromatic rings. The molecule has 1 N–H and O–H groups in total. The Morgan fingerprint density at radius 1 is 1.08 bits per heavy atom. The summed E-state index contributed by atoms with van der Waals surface area (Å²) in [6, 6.07) is 12.1. The van der Waals surface area contributed by atoms with Crippen molar-refractivity contribution in [2.45, 2.75) is 59.0 Å². The first-order chi connectivity index (χ1) is 17.6. The molecule has 1 atom stereocenters. The maximum atomic E-state index is 13.4. The Kier molecular flexibility index (Phi) is 9.79. The first-order valence-electron chi connectivity index (χ1n) is 12.6. The number of ether oxygens (including phenoxy) is 2. The normalized spacial score (nSPS) is 13.2. The van der Waals surface area contributed by atoms with Crippen LogP contribution in [0.15, 0.2) is 42.5 Å². The molecular formula is C27H37N3O6S. The van der Waals surface area contributed by atoms with Crippen LogP contribution in [0.3, 0.4) is 0 Å². The lowest BCUT2D eigenvalue weighted by molar-refractivity contribution is -0.140. The minimum Gasteiger partial charge on any atom is -0.454 e. The van der Waals surface area contributed by atoms with E-state index in [2.05, 4.69) is 5.32 Å². The van der Waals surface area contributed by atoms with Crippen molar-refractivity contribution in [2.24, 2.45) is 0 Å². The molecule has 0 radical (unpaired) electrons. The van der Waals surface area contributed by atoms with Crippen molar-refractivity contribution < 1.29 is 27.5 Å². The summed E-state index contributed by atoms with van der Waals surface area (Å²) in [5.74, 6) is 0.631.